The second-order valence-electron chi connectivity index (χ2n) is 6.35. The lowest BCUT2D eigenvalue weighted by molar-refractivity contribution is 0.0187. The van der Waals surface area contributed by atoms with E-state index in [1.807, 2.05) is 0 Å². The monoisotopic (exact) mass is 238 g/mol. The van der Waals surface area contributed by atoms with Crippen LogP contribution in [-0.2, 0) is 0 Å². The Kier molecular flexibility index (Phi) is 3.42. The van der Waals surface area contributed by atoms with E-state index in [0.717, 1.165) is 24.8 Å². The molecule has 2 saturated heterocycles. The fourth-order valence-electron chi connectivity index (χ4n) is 4.28. The summed E-state index contributed by atoms with van der Waals surface area (Å²) in [6.07, 6.45) is 7.37. The zero-order valence-corrected chi connectivity index (χ0v) is 11.0. The minimum Gasteiger partial charge on any atom is -0.393 e. The highest BCUT2D eigenvalue weighted by Gasteiger charge is 2.37. The number of nitrogens with zero attached hydrogens (tertiary/aromatic N) is 2. The lowest BCUT2D eigenvalue weighted by atomic mass is 9.83. The summed E-state index contributed by atoms with van der Waals surface area (Å²) in [5, 5.41) is 9.67. The van der Waals surface area contributed by atoms with E-state index in [1.165, 1.54) is 45.3 Å². The average Bonchev–Trinajstić information content (AvgIpc) is 2.76. The second-order valence-corrected chi connectivity index (χ2v) is 6.35. The summed E-state index contributed by atoms with van der Waals surface area (Å²) >= 11 is 0. The topological polar surface area (TPSA) is 26.7 Å². The molecule has 0 spiro atoms. The van der Waals surface area contributed by atoms with Crippen LogP contribution in [0.4, 0.5) is 0 Å². The van der Waals surface area contributed by atoms with Crippen molar-refractivity contribution in [2.24, 2.45) is 5.92 Å². The van der Waals surface area contributed by atoms with Gasteiger partial charge in [-0.3, -0.25) is 4.90 Å². The molecule has 2 aliphatic heterocycles. The van der Waals surface area contributed by atoms with Gasteiger partial charge in [0.25, 0.3) is 0 Å². The van der Waals surface area contributed by atoms with Gasteiger partial charge in [0.15, 0.2) is 0 Å². The zero-order chi connectivity index (χ0) is 11.8. The van der Waals surface area contributed by atoms with Crippen molar-refractivity contribution in [3.8, 4) is 0 Å². The highest BCUT2D eigenvalue weighted by atomic mass is 16.3. The minimum atomic E-state index is -0.0215. The number of aliphatic hydroxyl groups excluding tert-OH is 1. The van der Waals surface area contributed by atoms with Gasteiger partial charge in [0.1, 0.15) is 0 Å². The normalized spacial score (nSPS) is 44.8. The van der Waals surface area contributed by atoms with Crippen LogP contribution in [0.15, 0.2) is 0 Å². The van der Waals surface area contributed by atoms with Crippen LogP contribution in [0.3, 0.4) is 0 Å². The number of rotatable bonds is 1. The van der Waals surface area contributed by atoms with Gasteiger partial charge in [-0.1, -0.05) is 0 Å². The van der Waals surface area contributed by atoms with Crippen LogP contribution >= 0.6 is 0 Å². The summed E-state index contributed by atoms with van der Waals surface area (Å²) in [6, 6.07) is 1.52. The summed E-state index contributed by atoms with van der Waals surface area (Å²) in [7, 11) is 2.30. The number of piperidine rings is 2. The van der Waals surface area contributed by atoms with Gasteiger partial charge in [-0.25, -0.2) is 0 Å². The SMILES string of the molecule is CN1CCCC2CN(C3CCC(O)C3)CCC21. The van der Waals surface area contributed by atoms with Crippen molar-refractivity contribution in [1.82, 2.24) is 9.80 Å². The van der Waals surface area contributed by atoms with E-state index in [1.54, 1.807) is 0 Å². The van der Waals surface area contributed by atoms with Gasteiger partial charge in [-0.15, -0.1) is 0 Å². The molecule has 4 unspecified atom stereocenters. The average molecular weight is 238 g/mol. The first-order valence-electron chi connectivity index (χ1n) is 7.36. The van der Waals surface area contributed by atoms with Crippen molar-refractivity contribution in [3.63, 3.8) is 0 Å². The third-order valence-electron chi connectivity index (χ3n) is 5.27. The molecular weight excluding hydrogens is 212 g/mol. The molecule has 1 N–H and O–H groups in total. The maximum Gasteiger partial charge on any atom is 0.0555 e. The summed E-state index contributed by atoms with van der Waals surface area (Å²) in [4.78, 5) is 5.26. The predicted octanol–water partition coefficient (Wildman–Crippen LogP) is 1.32. The lowest BCUT2D eigenvalue weighted by Gasteiger charge is -2.47. The van der Waals surface area contributed by atoms with E-state index >= 15 is 0 Å². The Morgan fingerprint density at radius 3 is 2.71 bits per heavy atom. The number of hydrogen-bond acceptors (Lipinski definition) is 3. The Labute approximate surface area is 105 Å². The van der Waals surface area contributed by atoms with Gasteiger partial charge in [-0.05, 0) is 64.6 Å². The Morgan fingerprint density at radius 2 is 1.94 bits per heavy atom. The van der Waals surface area contributed by atoms with Gasteiger partial charge in [-0.2, -0.15) is 0 Å². The molecule has 3 aliphatic rings. The van der Waals surface area contributed by atoms with Gasteiger partial charge in [0.2, 0.25) is 0 Å². The van der Waals surface area contributed by atoms with Crippen LogP contribution < -0.4 is 0 Å². The molecule has 3 fully saturated rings. The highest BCUT2D eigenvalue weighted by molar-refractivity contribution is 4.93. The van der Waals surface area contributed by atoms with E-state index in [2.05, 4.69) is 16.8 Å². The molecule has 0 radical (unpaired) electrons. The van der Waals surface area contributed by atoms with Crippen molar-refractivity contribution < 1.29 is 5.11 Å². The fourth-order valence-corrected chi connectivity index (χ4v) is 4.28. The molecule has 98 valence electrons. The predicted molar refractivity (Wildman–Crippen MR) is 69.0 cm³/mol. The van der Waals surface area contributed by atoms with Crippen LogP contribution in [0.1, 0.15) is 38.5 Å². The summed E-state index contributed by atoms with van der Waals surface area (Å²) in [5.41, 5.74) is 0. The summed E-state index contributed by atoms with van der Waals surface area (Å²) < 4.78 is 0. The van der Waals surface area contributed by atoms with Gasteiger partial charge < -0.3 is 10.0 Å². The Morgan fingerprint density at radius 1 is 1.06 bits per heavy atom. The number of likely N-dealkylation sites (tertiary alicyclic amines) is 2. The molecule has 4 atom stereocenters. The van der Waals surface area contributed by atoms with Crippen molar-refractivity contribution >= 4 is 0 Å². The van der Waals surface area contributed by atoms with Crippen LogP contribution in [-0.4, -0.2) is 59.8 Å². The Bertz CT molecular complexity index is 271. The molecule has 3 nitrogen and oxygen atoms in total. The molecule has 1 saturated carbocycles. The number of fused-ring (bicyclic) bond motifs is 1. The molecule has 0 amide bonds. The second kappa shape index (κ2) is 4.87. The van der Waals surface area contributed by atoms with Crippen molar-refractivity contribution in [3.05, 3.63) is 0 Å². The van der Waals surface area contributed by atoms with E-state index in [4.69, 9.17) is 0 Å². The Balaban J connectivity index is 1.60. The number of hydrogen-bond donors (Lipinski definition) is 1. The maximum atomic E-state index is 9.67. The molecule has 0 aromatic rings. The molecule has 17 heavy (non-hydrogen) atoms. The third-order valence-corrected chi connectivity index (χ3v) is 5.27. The fraction of sp³-hybridized carbons (Fsp3) is 1.00. The molecule has 0 bridgehead atoms. The van der Waals surface area contributed by atoms with Crippen molar-refractivity contribution in [1.29, 1.82) is 0 Å². The molecule has 0 aromatic carbocycles. The van der Waals surface area contributed by atoms with E-state index in [9.17, 15) is 5.11 Å². The minimum absolute atomic E-state index is 0.0215. The molecule has 0 aromatic heterocycles. The highest BCUT2D eigenvalue weighted by Crippen LogP contribution is 2.33. The standard InChI is InChI=1S/C14H26N2O/c1-15-7-2-3-11-10-16(8-6-14(11)15)12-4-5-13(17)9-12/h11-14,17H,2-10H2,1H3. The molecular formula is C14H26N2O. The molecule has 1 aliphatic carbocycles. The first-order chi connectivity index (χ1) is 8.24. The smallest absolute Gasteiger partial charge is 0.0555 e. The van der Waals surface area contributed by atoms with Crippen molar-refractivity contribution in [2.75, 3.05) is 26.7 Å². The van der Waals surface area contributed by atoms with Crippen LogP contribution in [0.2, 0.25) is 0 Å². The van der Waals surface area contributed by atoms with E-state index < -0.39 is 0 Å². The van der Waals surface area contributed by atoms with Gasteiger partial charge in [0, 0.05) is 18.6 Å². The first kappa shape index (κ1) is 11.9. The largest absolute Gasteiger partial charge is 0.393 e. The number of aliphatic hydroxyl groups is 1. The lowest BCUT2D eigenvalue weighted by Crippen LogP contribution is -2.54. The summed E-state index contributed by atoms with van der Waals surface area (Å²) in [6.45, 7) is 3.83. The van der Waals surface area contributed by atoms with Crippen LogP contribution in [0.5, 0.6) is 0 Å². The van der Waals surface area contributed by atoms with E-state index in [0.29, 0.717) is 6.04 Å². The van der Waals surface area contributed by atoms with Crippen LogP contribution in [0, 0.1) is 5.92 Å². The maximum absolute atomic E-state index is 9.67. The first-order valence-corrected chi connectivity index (χ1v) is 7.36. The van der Waals surface area contributed by atoms with Gasteiger partial charge in [0.05, 0.1) is 6.10 Å². The summed E-state index contributed by atoms with van der Waals surface area (Å²) in [5.74, 6) is 0.889. The Hall–Kier alpha value is -0.120. The molecule has 2 heterocycles. The van der Waals surface area contributed by atoms with E-state index in [-0.39, 0.29) is 6.10 Å². The van der Waals surface area contributed by atoms with Crippen molar-refractivity contribution in [2.45, 2.75) is 56.7 Å². The third kappa shape index (κ3) is 2.38. The quantitative estimate of drug-likeness (QED) is 0.746. The van der Waals surface area contributed by atoms with Crippen LogP contribution in [0.25, 0.3) is 0 Å². The molecule has 3 rings (SSSR count). The molecule has 3 heteroatoms. The zero-order valence-electron chi connectivity index (χ0n) is 11.0. The van der Waals surface area contributed by atoms with Gasteiger partial charge >= 0.3 is 0 Å².